The highest BCUT2D eigenvalue weighted by Crippen LogP contribution is 2.29. The fourth-order valence-corrected chi connectivity index (χ4v) is 2.63. The van der Waals surface area contributed by atoms with Crippen molar-refractivity contribution in [3.63, 3.8) is 0 Å². The van der Waals surface area contributed by atoms with Crippen LogP contribution in [0.15, 0.2) is 30.3 Å². The molecule has 0 aliphatic rings. The Morgan fingerprint density at radius 3 is 1.97 bits per heavy atom. The van der Waals surface area contributed by atoms with Gasteiger partial charge in [-0.3, -0.25) is 4.79 Å². The van der Waals surface area contributed by atoms with E-state index in [4.69, 9.17) is 9.47 Å². The number of carbonyl (C=O) groups excluding carboxylic acids is 3. The molecular weight excluding hydrogens is 481 g/mol. The van der Waals surface area contributed by atoms with Crippen molar-refractivity contribution in [2.24, 2.45) is 0 Å². The highest BCUT2D eigenvalue weighted by atomic mass is 19.2. The Hall–Kier alpha value is -3.70. The minimum atomic E-state index is -2.41. The van der Waals surface area contributed by atoms with Gasteiger partial charge in [0.05, 0.1) is 0 Å². The second-order valence-corrected chi connectivity index (χ2v) is 8.20. The molecule has 0 saturated heterocycles. The third kappa shape index (κ3) is 7.94. The van der Waals surface area contributed by atoms with E-state index in [-0.39, 0.29) is 6.61 Å². The average molecular weight is 503 g/mol. The summed E-state index contributed by atoms with van der Waals surface area (Å²) in [5, 5.41) is 2.22. The number of esters is 2. The van der Waals surface area contributed by atoms with Crippen molar-refractivity contribution in [2.75, 3.05) is 0 Å². The van der Waals surface area contributed by atoms with E-state index < -0.39 is 77.4 Å². The van der Waals surface area contributed by atoms with Crippen LogP contribution in [0.25, 0.3) is 0 Å². The predicted octanol–water partition coefficient (Wildman–Crippen LogP) is 4.70. The molecule has 0 aliphatic heterocycles. The van der Waals surface area contributed by atoms with Crippen LogP contribution in [-0.4, -0.2) is 29.7 Å². The van der Waals surface area contributed by atoms with E-state index in [9.17, 15) is 36.3 Å². The molecule has 1 N–H and O–H groups in total. The molecule has 2 rings (SSSR count). The molecular formula is C23H22F5NO6. The van der Waals surface area contributed by atoms with Crippen LogP contribution in [0.1, 0.15) is 39.2 Å². The number of hydrogen-bond acceptors (Lipinski definition) is 6. The average Bonchev–Trinajstić information content (AvgIpc) is 2.79. The van der Waals surface area contributed by atoms with Gasteiger partial charge in [0, 0.05) is 6.42 Å². The summed E-state index contributed by atoms with van der Waals surface area (Å²) in [6.07, 6.45) is -2.28. The molecule has 12 heteroatoms. The lowest BCUT2D eigenvalue weighted by Gasteiger charge is -2.23. The number of hydrogen-bond donors (Lipinski definition) is 1. The van der Waals surface area contributed by atoms with Crippen LogP contribution < -0.4 is 10.1 Å². The molecule has 1 amide bonds. The van der Waals surface area contributed by atoms with Gasteiger partial charge in [-0.15, -0.1) is 0 Å². The molecule has 2 aromatic rings. The molecule has 1 atom stereocenters. The summed E-state index contributed by atoms with van der Waals surface area (Å²) in [7, 11) is 0. The first-order chi connectivity index (χ1) is 16.3. The van der Waals surface area contributed by atoms with Gasteiger partial charge in [-0.2, -0.15) is 8.78 Å². The normalized spacial score (nSPS) is 12.0. The van der Waals surface area contributed by atoms with Crippen molar-refractivity contribution < 1.29 is 50.5 Å². The first kappa shape index (κ1) is 27.5. The zero-order valence-corrected chi connectivity index (χ0v) is 18.9. The van der Waals surface area contributed by atoms with Crippen molar-refractivity contribution in [2.45, 2.75) is 51.9 Å². The van der Waals surface area contributed by atoms with Crippen LogP contribution in [0.3, 0.4) is 0 Å². The number of ether oxygens (including phenoxy) is 3. The van der Waals surface area contributed by atoms with Gasteiger partial charge in [0.2, 0.25) is 34.8 Å². The van der Waals surface area contributed by atoms with Gasteiger partial charge in [0.25, 0.3) is 0 Å². The Balaban J connectivity index is 2.10. The lowest BCUT2D eigenvalue weighted by Crippen LogP contribution is -2.44. The summed E-state index contributed by atoms with van der Waals surface area (Å²) >= 11 is 0. The van der Waals surface area contributed by atoms with Crippen molar-refractivity contribution in [1.29, 1.82) is 0 Å². The summed E-state index contributed by atoms with van der Waals surface area (Å²) in [6, 6.07) is 7.03. The predicted molar refractivity (Wildman–Crippen MR) is 110 cm³/mol. The molecule has 190 valence electrons. The van der Waals surface area contributed by atoms with Gasteiger partial charge in [0.15, 0.2) is 0 Å². The van der Waals surface area contributed by atoms with Crippen molar-refractivity contribution in [1.82, 2.24) is 5.32 Å². The first-order valence-corrected chi connectivity index (χ1v) is 10.2. The minimum Gasteiger partial charge on any atom is -0.459 e. The molecule has 2 aromatic carbocycles. The summed E-state index contributed by atoms with van der Waals surface area (Å²) in [6.45, 7) is 4.53. The molecule has 7 nitrogen and oxygen atoms in total. The fourth-order valence-electron chi connectivity index (χ4n) is 2.63. The van der Waals surface area contributed by atoms with Crippen LogP contribution in [0.4, 0.5) is 26.7 Å². The highest BCUT2D eigenvalue weighted by Gasteiger charge is 2.30. The Kier molecular flexibility index (Phi) is 9.15. The lowest BCUT2D eigenvalue weighted by molar-refractivity contribution is -0.148. The maximum Gasteiger partial charge on any atom is 0.408 e. The van der Waals surface area contributed by atoms with Crippen LogP contribution in [-0.2, 0) is 25.7 Å². The maximum atomic E-state index is 13.7. The number of benzene rings is 2. The van der Waals surface area contributed by atoms with Crippen molar-refractivity contribution in [3.05, 3.63) is 65.0 Å². The molecule has 0 spiro atoms. The molecule has 0 bridgehead atoms. The largest absolute Gasteiger partial charge is 0.459 e. The van der Waals surface area contributed by atoms with Gasteiger partial charge >= 0.3 is 18.0 Å². The number of rotatable bonds is 8. The summed E-state index contributed by atoms with van der Waals surface area (Å²) in [5.41, 5.74) is -0.296. The molecule has 35 heavy (non-hydrogen) atoms. The Morgan fingerprint density at radius 1 is 0.886 bits per heavy atom. The van der Waals surface area contributed by atoms with Gasteiger partial charge in [0.1, 0.15) is 18.2 Å². The van der Waals surface area contributed by atoms with Gasteiger partial charge in [-0.25, -0.2) is 22.8 Å². The van der Waals surface area contributed by atoms with E-state index >= 15 is 0 Å². The van der Waals surface area contributed by atoms with Gasteiger partial charge in [-0.1, -0.05) is 30.3 Å². The second kappa shape index (κ2) is 11.6. The molecule has 0 aromatic heterocycles. The molecule has 0 aliphatic carbocycles. The van der Waals surface area contributed by atoms with Crippen LogP contribution in [0.5, 0.6) is 5.75 Å². The quantitative estimate of drug-likeness (QED) is 0.185. The topological polar surface area (TPSA) is 90.9 Å². The van der Waals surface area contributed by atoms with E-state index in [0.717, 1.165) is 0 Å². The van der Waals surface area contributed by atoms with Crippen LogP contribution >= 0.6 is 0 Å². The smallest absolute Gasteiger partial charge is 0.408 e. The SMILES string of the molecule is CC(C)(C)OC(=O)N[C@@H](CCC(=O)Oc1c(F)c(F)c(F)c(F)c1F)C(=O)OCc1ccccc1. The van der Waals surface area contributed by atoms with Gasteiger partial charge < -0.3 is 19.5 Å². The highest BCUT2D eigenvalue weighted by molar-refractivity contribution is 5.82. The molecule has 0 heterocycles. The zero-order valence-electron chi connectivity index (χ0n) is 18.9. The lowest BCUT2D eigenvalue weighted by atomic mass is 10.1. The molecule has 0 fully saturated rings. The number of carbonyl (C=O) groups is 3. The first-order valence-electron chi connectivity index (χ1n) is 10.2. The molecule has 0 unspecified atom stereocenters. The van der Waals surface area contributed by atoms with Crippen molar-refractivity contribution >= 4 is 18.0 Å². The van der Waals surface area contributed by atoms with Gasteiger partial charge in [-0.05, 0) is 32.8 Å². The van der Waals surface area contributed by atoms with E-state index in [2.05, 4.69) is 10.1 Å². The third-order valence-corrected chi connectivity index (χ3v) is 4.22. The monoisotopic (exact) mass is 503 g/mol. The van der Waals surface area contributed by atoms with Crippen molar-refractivity contribution in [3.8, 4) is 5.75 Å². The van der Waals surface area contributed by atoms with E-state index in [1.807, 2.05) is 0 Å². The Morgan fingerprint density at radius 2 is 1.43 bits per heavy atom. The zero-order chi connectivity index (χ0) is 26.3. The van der Waals surface area contributed by atoms with E-state index in [1.165, 1.54) is 0 Å². The summed E-state index contributed by atoms with van der Waals surface area (Å²) < 4.78 is 81.7. The molecule has 0 radical (unpaired) electrons. The summed E-state index contributed by atoms with van der Waals surface area (Å²) in [5.74, 6) is -15.8. The summed E-state index contributed by atoms with van der Waals surface area (Å²) in [4.78, 5) is 36.7. The second-order valence-electron chi connectivity index (χ2n) is 8.20. The third-order valence-electron chi connectivity index (χ3n) is 4.22. The number of halogens is 5. The maximum absolute atomic E-state index is 13.7. The van der Waals surface area contributed by atoms with E-state index in [1.54, 1.807) is 51.1 Å². The van der Waals surface area contributed by atoms with Crippen LogP contribution in [0, 0.1) is 29.1 Å². The van der Waals surface area contributed by atoms with E-state index in [0.29, 0.717) is 5.56 Å². The molecule has 0 saturated carbocycles. The Bertz CT molecular complexity index is 1060. The number of nitrogens with one attached hydrogen (secondary N) is 1. The fraction of sp³-hybridized carbons (Fsp3) is 0.348. The van der Waals surface area contributed by atoms with Crippen LogP contribution in [0.2, 0.25) is 0 Å². The number of amides is 1. The standard InChI is InChI=1S/C23H22F5NO6/c1-23(2,3)35-22(32)29-13(21(31)33-11-12-7-5-4-6-8-12)9-10-14(30)34-20-18(27)16(25)15(24)17(26)19(20)28/h4-8,13H,9-11H2,1-3H3,(H,29,32)/t13-/m0/s1. The minimum absolute atomic E-state index is 0.166. The number of alkyl carbamates (subject to hydrolysis) is 1. The Labute approximate surface area is 197 Å².